The van der Waals surface area contributed by atoms with Gasteiger partial charge >= 0.3 is 5.97 Å². The fourth-order valence-electron chi connectivity index (χ4n) is 12.5. The summed E-state index contributed by atoms with van der Waals surface area (Å²) in [5.41, 5.74) is 0.815. The van der Waals surface area contributed by atoms with Crippen LogP contribution in [0.2, 0.25) is 0 Å². The largest absolute Gasteiger partial charge is 0.497 e. The predicted molar refractivity (Wildman–Crippen MR) is 395 cm³/mol. The average Bonchev–Trinajstić information content (AvgIpc) is 0.806. The lowest BCUT2D eigenvalue weighted by molar-refractivity contribution is -0.157. The number of carbonyl (C=O) groups is 12. The summed E-state index contributed by atoms with van der Waals surface area (Å²) >= 11 is 0. The Morgan fingerprint density at radius 3 is 1.45 bits per heavy atom. The van der Waals surface area contributed by atoms with E-state index in [1.165, 1.54) is 87.7 Å². The Hall–Kier alpha value is -8.16. The zero-order valence-corrected chi connectivity index (χ0v) is 65.9. The maximum Gasteiger partial charge on any atom is 0.310 e. The highest BCUT2D eigenvalue weighted by atomic mass is 16.5. The Bertz CT molecular complexity index is 3230. The lowest BCUT2D eigenvalue weighted by Crippen LogP contribution is -2.63. The van der Waals surface area contributed by atoms with Gasteiger partial charge in [-0.15, -0.1) is 0 Å². The minimum Gasteiger partial charge on any atom is -0.497 e. The molecule has 2 aromatic rings. The molecule has 13 atom stereocenters. The summed E-state index contributed by atoms with van der Waals surface area (Å²) in [6.45, 7) is 31.0. The molecule has 11 amide bonds. The smallest absolute Gasteiger partial charge is 0.310 e. The van der Waals surface area contributed by atoms with E-state index in [1.807, 2.05) is 97.9 Å². The molecule has 0 radical (unpaired) electrons. The SMILES string of the molecule is C/C=C/C[C@@H](C)[C@@H](O)[C@H]1C(=O)N[C@@H](CC)C(=O)N(C)CC(=O)N(C)[C@@H](CC(C)C)C(=O)N[C@@H](C(C)C)C(=O)N(C)[C@@H](CC(C)C)C(=O)N[C@@H](C)C(=O)N[C@H](C)C(=O)N(C)[C@@H](CC(C)C)C(=O)N(C)[C@@H](CC(C)C)C(=O)N(C)[C@@H](C(C)C)C(=O)N1C.COc1ccc2cc([C@H](C)C(=O)O)ccc2c1. The number of ether oxygens (including phenoxy) is 1. The third-order valence-corrected chi connectivity index (χ3v) is 19.0. The van der Waals surface area contributed by atoms with E-state index in [4.69, 9.17) is 9.84 Å². The number of carboxylic acids is 1. The van der Waals surface area contributed by atoms with Crippen LogP contribution in [0.1, 0.15) is 175 Å². The third kappa shape index (κ3) is 25.1. The molecular weight excluding hydrogens is 1310 g/mol. The number of hydrogen-bond acceptors (Lipinski definition) is 14. The van der Waals surface area contributed by atoms with Crippen LogP contribution in [0, 0.1) is 41.4 Å². The van der Waals surface area contributed by atoms with Gasteiger partial charge in [0.15, 0.2) is 0 Å². The molecule has 1 heterocycles. The van der Waals surface area contributed by atoms with Crippen molar-refractivity contribution >= 4 is 81.7 Å². The molecule has 1 fully saturated rings. The number of amides is 11. The van der Waals surface area contributed by atoms with Crippen LogP contribution in [0.25, 0.3) is 10.8 Å². The number of allylic oxidation sites excluding steroid dienone is 2. The van der Waals surface area contributed by atoms with Gasteiger partial charge in [-0.25, -0.2) is 0 Å². The van der Waals surface area contributed by atoms with E-state index < -0.39 is 168 Å². The van der Waals surface area contributed by atoms with E-state index >= 15 is 9.59 Å². The van der Waals surface area contributed by atoms with E-state index in [-0.39, 0.29) is 55.8 Å². The first-order valence-electron chi connectivity index (χ1n) is 36.0. The summed E-state index contributed by atoms with van der Waals surface area (Å²) in [6, 6.07) is -0.901. The van der Waals surface area contributed by atoms with Crippen molar-refractivity contribution in [3.05, 3.63) is 54.1 Å². The van der Waals surface area contributed by atoms with E-state index in [2.05, 4.69) is 21.3 Å². The molecule has 0 unspecified atom stereocenters. The second-order valence-electron chi connectivity index (χ2n) is 30.1. The number of carboxylic acid groups (broad SMARTS) is 1. The van der Waals surface area contributed by atoms with Gasteiger partial charge in [-0.2, -0.15) is 0 Å². The van der Waals surface area contributed by atoms with Gasteiger partial charge in [-0.05, 0) is 136 Å². The molecule has 3 rings (SSSR count). The number of rotatable bonds is 18. The normalized spacial score (nSPS) is 24.5. The van der Waals surface area contributed by atoms with Crippen LogP contribution in [0.5, 0.6) is 5.75 Å². The predicted octanol–water partition coefficient (Wildman–Crippen LogP) is 6.31. The molecule has 1 saturated heterocycles. The minimum atomic E-state index is -1.61. The highest BCUT2D eigenvalue weighted by molar-refractivity contribution is 6.00. The lowest BCUT2D eigenvalue weighted by atomic mass is 9.91. The number of carbonyl (C=O) groups excluding carboxylic acids is 11. The summed E-state index contributed by atoms with van der Waals surface area (Å²) in [5.74, 6) is -10.2. The zero-order chi connectivity index (χ0) is 78.4. The molecule has 0 saturated carbocycles. The molecule has 1 aliphatic heterocycles. The van der Waals surface area contributed by atoms with Gasteiger partial charge in [-0.3, -0.25) is 57.5 Å². The molecule has 102 heavy (non-hydrogen) atoms. The van der Waals surface area contributed by atoms with Crippen LogP contribution < -0.4 is 26.0 Å². The van der Waals surface area contributed by atoms with Gasteiger partial charge in [0, 0.05) is 49.3 Å². The number of nitrogens with zero attached hydrogens (tertiary/aromatic N) is 7. The molecule has 26 nitrogen and oxygen atoms in total. The highest BCUT2D eigenvalue weighted by Gasteiger charge is 2.46. The van der Waals surface area contributed by atoms with Crippen LogP contribution in [-0.4, -0.2) is 245 Å². The number of aliphatic carboxylic acids is 1. The zero-order valence-electron chi connectivity index (χ0n) is 65.9. The van der Waals surface area contributed by atoms with Crippen molar-refractivity contribution in [2.24, 2.45) is 41.4 Å². The number of fused-ring (bicyclic) bond motifs is 1. The minimum absolute atomic E-state index is 0.0229. The molecule has 0 spiro atoms. The van der Waals surface area contributed by atoms with Gasteiger partial charge in [0.05, 0.1) is 25.7 Å². The van der Waals surface area contributed by atoms with Gasteiger partial charge in [0.1, 0.15) is 66.2 Å². The summed E-state index contributed by atoms with van der Waals surface area (Å²) in [7, 11) is 11.5. The van der Waals surface area contributed by atoms with Gasteiger partial charge < -0.3 is 70.5 Å². The molecule has 574 valence electrons. The molecule has 0 aromatic heterocycles. The fourth-order valence-corrected chi connectivity index (χ4v) is 12.5. The third-order valence-electron chi connectivity index (χ3n) is 19.0. The molecular formula is C76H125N11O15. The number of hydrogen-bond donors (Lipinski definition) is 6. The second-order valence-corrected chi connectivity index (χ2v) is 30.1. The van der Waals surface area contributed by atoms with Crippen molar-refractivity contribution in [2.45, 2.75) is 236 Å². The number of aliphatic hydroxyl groups is 1. The van der Waals surface area contributed by atoms with Crippen LogP contribution >= 0.6 is 0 Å². The van der Waals surface area contributed by atoms with Gasteiger partial charge in [0.25, 0.3) is 0 Å². The Morgan fingerprint density at radius 2 is 0.971 bits per heavy atom. The van der Waals surface area contributed by atoms with Crippen molar-refractivity contribution in [2.75, 3.05) is 63.0 Å². The van der Waals surface area contributed by atoms with Crippen LogP contribution in [0.4, 0.5) is 0 Å². The Morgan fingerprint density at radius 1 is 0.520 bits per heavy atom. The molecule has 2 aromatic carbocycles. The summed E-state index contributed by atoms with van der Waals surface area (Å²) in [6.07, 6.45) is 3.04. The maximum atomic E-state index is 15.1. The summed E-state index contributed by atoms with van der Waals surface area (Å²) < 4.78 is 5.14. The first-order chi connectivity index (χ1) is 47.3. The van der Waals surface area contributed by atoms with Crippen molar-refractivity contribution in [3.63, 3.8) is 0 Å². The van der Waals surface area contributed by atoms with Crippen LogP contribution in [0.15, 0.2) is 48.6 Å². The van der Waals surface area contributed by atoms with E-state index in [1.54, 1.807) is 68.6 Å². The quantitative estimate of drug-likeness (QED) is 0.0892. The molecule has 6 N–H and O–H groups in total. The summed E-state index contributed by atoms with van der Waals surface area (Å²) in [5, 5.41) is 34.1. The topological polar surface area (TPSA) is 325 Å². The van der Waals surface area contributed by atoms with E-state index in [0.717, 1.165) is 31.9 Å². The standard InChI is InChI=1S/C62H111N11O12.C14H14O3/c1-25-27-28-40(15)52(75)51-56(79)65-43(26-2)58(81)67(18)33-48(74)68(19)44(29-34(3)4)55(78)66-49(38(11)12)61(84)69(20)45(30-35(5)6)54(77)63-41(16)53(76)64-42(17)57(80)70(21)46(31-36(7)8)59(82)71(22)47(32-37(9)10)60(83)72(23)50(39(13)14)62(85)73(51)24;1-9(14(15)16)10-3-4-12-8-13(17-2)6-5-11(12)7-10/h25,27,34-47,49-52,75H,26,28-33H2,1-24H3,(H,63,77)(H,64,76)(H,65,79)(H,66,78);3-9H,1-2H3,(H,15,16)/b27-25+;/t40-,41+,42-,43+,44+,45+,46+,47+,49+,50+,51+,52-;9-/m10/s1. The Labute approximate surface area is 607 Å². The van der Waals surface area contributed by atoms with Crippen LogP contribution in [0.3, 0.4) is 0 Å². The Kier molecular flexibility index (Phi) is 36.3. The van der Waals surface area contributed by atoms with Crippen molar-refractivity contribution in [1.29, 1.82) is 0 Å². The molecule has 1 aliphatic rings. The lowest BCUT2D eigenvalue weighted by Gasteiger charge is -2.41. The first kappa shape index (κ1) is 89.9. The van der Waals surface area contributed by atoms with Crippen molar-refractivity contribution in [1.82, 2.24) is 55.6 Å². The first-order valence-corrected chi connectivity index (χ1v) is 36.0. The molecule has 0 aliphatic carbocycles. The number of aliphatic hydroxyl groups excluding tert-OH is 1. The molecule has 0 bridgehead atoms. The monoisotopic (exact) mass is 1430 g/mol. The second kappa shape index (κ2) is 41.2. The van der Waals surface area contributed by atoms with E-state index in [9.17, 15) is 53.1 Å². The van der Waals surface area contributed by atoms with Crippen LogP contribution in [-0.2, 0) is 57.5 Å². The number of benzene rings is 2. The number of methoxy groups -OCH3 is 1. The fraction of sp³-hybridized carbons (Fsp3) is 0.684. The highest BCUT2D eigenvalue weighted by Crippen LogP contribution is 2.28. The molecule has 26 heteroatoms. The Balaban J connectivity index is 0.00000179. The van der Waals surface area contributed by atoms with Crippen molar-refractivity contribution in [3.8, 4) is 5.75 Å². The number of likely N-dealkylation sites (N-methyl/N-ethyl adjacent to an activating group) is 7. The number of nitrogens with one attached hydrogen (secondary N) is 4. The van der Waals surface area contributed by atoms with Gasteiger partial charge in [0.2, 0.25) is 65.0 Å². The van der Waals surface area contributed by atoms with Crippen molar-refractivity contribution < 1.29 is 72.5 Å². The maximum absolute atomic E-state index is 15.1. The van der Waals surface area contributed by atoms with Gasteiger partial charge in [-0.1, -0.05) is 133 Å². The average molecular weight is 1430 g/mol. The van der Waals surface area contributed by atoms with E-state index in [0.29, 0.717) is 6.42 Å². The summed E-state index contributed by atoms with van der Waals surface area (Å²) in [4.78, 5) is 179.